The van der Waals surface area contributed by atoms with Crippen LogP contribution < -0.4 is 0 Å². The van der Waals surface area contributed by atoms with Gasteiger partial charge >= 0.3 is 173 Å². The first-order valence-corrected chi connectivity index (χ1v) is 25.5. The Labute approximate surface area is 172 Å². The van der Waals surface area contributed by atoms with Gasteiger partial charge in [0.25, 0.3) is 0 Å². The van der Waals surface area contributed by atoms with Gasteiger partial charge in [0.05, 0.1) is 0 Å². The first-order chi connectivity index (χ1) is 12.5. The van der Waals surface area contributed by atoms with E-state index in [1.807, 2.05) is 13.8 Å². The van der Waals surface area contributed by atoms with E-state index in [4.69, 9.17) is 12.3 Å². The van der Waals surface area contributed by atoms with Crippen LogP contribution in [-0.2, 0) is 31.5 Å². The fourth-order valence-corrected chi connectivity index (χ4v) is 74.9. The molecule has 0 spiro atoms. The molecule has 0 amide bonds. The molecule has 0 rings (SSSR count). The summed E-state index contributed by atoms with van der Waals surface area (Å²) in [7, 11) is 0. The van der Waals surface area contributed by atoms with Gasteiger partial charge in [-0.25, -0.2) is 0 Å². The van der Waals surface area contributed by atoms with Crippen molar-refractivity contribution in [1.82, 2.24) is 0 Å². The molecule has 0 aliphatic carbocycles. The van der Waals surface area contributed by atoms with Crippen molar-refractivity contribution >= 4 is 65.7 Å². The van der Waals surface area contributed by atoms with Gasteiger partial charge in [-0.05, 0) is 0 Å². The van der Waals surface area contributed by atoms with Gasteiger partial charge < -0.3 is 0 Å². The summed E-state index contributed by atoms with van der Waals surface area (Å²) in [6.45, 7) is 8.94. The van der Waals surface area contributed by atoms with E-state index in [1.54, 1.807) is 0 Å². The summed E-state index contributed by atoms with van der Waals surface area (Å²) in [6.07, 6.45) is 4.10. The van der Waals surface area contributed by atoms with E-state index in [9.17, 15) is 19.2 Å². The Morgan fingerprint density at radius 2 is 0.889 bits per heavy atom. The van der Waals surface area contributed by atoms with Gasteiger partial charge in [-0.3, -0.25) is 0 Å². The quantitative estimate of drug-likeness (QED) is 0.304. The van der Waals surface area contributed by atoms with Crippen LogP contribution >= 0.6 is 6.13 Å². The Hall–Kier alpha value is -0.173. The van der Waals surface area contributed by atoms with Crippen LogP contribution in [0.5, 0.6) is 0 Å². The van der Waals surface area contributed by atoms with E-state index in [0.29, 0.717) is 21.7 Å². The fraction of sp³-hybridized carbons (Fsp3) is 0.750. The second-order valence-corrected chi connectivity index (χ2v) is 41.1. The maximum atomic E-state index is 11.8. The molecule has 0 aromatic rings. The molecule has 11 heteroatoms. The van der Waals surface area contributed by atoms with Gasteiger partial charge in [-0.1, -0.05) is 0 Å². The summed E-state index contributed by atoms with van der Waals surface area (Å²) in [5, 5.41) is 0. The summed E-state index contributed by atoms with van der Waals surface area (Å²) < 4.78 is 23.3. The van der Waals surface area contributed by atoms with Crippen molar-refractivity contribution in [2.24, 2.45) is 0 Å². The molecule has 0 unspecified atom stereocenters. The number of hydrogen-bond acceptors (Lipinski definition) is 9. The van der Waals surface area contributed by atoms with Crippen molar-refractivity contribution in [1.29, 1.82) is 0 Å². The summed E-state index contributed by atoms with van der Waals surface area (Å²) in [6, 6.07) is 0. The van der Waals surface area contributed by atoms with Crippen molar-refractivity contribution in [2.75, 3.05) is 0 Å². The van der Waals surface area contributed by atoms with Gasteiger partial charge in [0.1, 0.15) is 0 Å². The van der Waals surface area contributed by atoms with Crippen LogP contribution in [0.3, 0.4) is 0 Å². The third kappa shape index (κ3) is 11.4. The van der Waals surface area contributed by atoms with E-state index in [-0.39, 0.29) is 0 Å². The van der Waals surface area contributed by atoms with E-state index >= 15 is 0 Å². The molecule has 0 aromatic carbocycles. The van der Waals surface area contributed by atoms with Crippen molar-refractivity contribution in [3.05, 3.63) is 0 Å². The molecule has 0 saturated heterocycles. The Morgan fingerprint density at radius 3 is 1.07 bits per heavy atom. The predicted molar refractivity (Wildman–Crippen MR) is 106 cm³/mol. The van der Waals surface area contributed by atoms with Crippen LogP contribution in [0.1, 0.15) is 67.2 Å². The summed E-state index contributed by atoms with van der Waals surface area (Å²) >= 11 is -8.87. The van der Waals surface area contributed by atoms with Gasteiger partial charge in [0.2, 0.25) is 0 Å². The molecule has 0 saturated carbocycles. The van der Waals surface area contributed by atoms with Crippen LogP contribution in [0.4, 0.5) is 0 Å². The zero-order valence-corrected chi connectivity index (χ0v) is 23.4. The van der Waals surface area contributed by atoms with Crippen LogP contribution in [0.25, 0.3) is 0 Å². The van der Waals surface area contributed by atoms with Crippen molar-refractivity contribution < 1.29 is 31.5 Å². The monoisotopic (exact) mass is 622 g/mol. The average Bonchev–Trinajstić information content (AvgIpc) is 2.48. The zero-order chi connectivity index (χ0) is 21.1. The minimum atomic E-state index is -4.43. The standard InChI is InChI=1S/2C4H9.4C2H4O2.S.2Sn/c2*1-3-4-2;4*1-2(3)4;;;/h2*1,3-4H2,2H3;4*1H3,(H,3,4);;;/q;;;;;;;2*+2/p-4. The molecule has 0 aliphatic heterocycles. The van der Waals surface area contributed by atoms with Gasteiger partial charge in [-0.2, -0.15) is 0 Å². The molecule has 0 N–H and O–H groups in total. The fourth-order valence-electron chi connectivity index (χ4n) is 2.33. The molecule has 0 bridgehead atoms. The topological polar surface area (TPSA) is 105 Å². The molecule has 156 valence electrons. The normalized spacial score (nSPS) is 11.5. The number of rotatable bonds is 12. The summed E-state index contributed by atoms with van der Waals surface area (Å²) in [5.41, 5.74) is 0. The molecule has 0 atom stereocenters. The van der Waals surface area contributed by atoms with E-state index in [2.05, 4.69) is 0 Å². The second kappa shape index (κ2) is 13.1. The van der Waals surface area contributed by atoms with Gasteiger partial charge in [-0.15, -0.1) is 0 Å². The number of carbonyl (C=O) groups is 4. The summed E-state index contributed by atoms with van der Waals surface area (Å²) in [5.74, 6) is -2.23. The average molecular weight is 620 g/mol. The van der Waals surface area contributed by atoms with Crippen LogP contribution in [0, 0.1) is 0 Å². The summed E-state index contributed by atoms with van der Waals surface area (Å²) in [4.78, 5) is 47.1. The third-order valence-electron chi connectivity index (χ3n) is 3.18. The molecule has 0 radical (unpaired) electrons. The second-order valence-electron chi connectivity index (χ2n) is 6.05. The molecule has 0 heterocycles. The molecular formula is C16H30O8SSn2. The molecule has 8 nitrogen and oxygen atoms in total. The van der Waals surface area contributed by atoms with Gasteiger partial charge in [0.15, 0.2) is 0 Å². The van der Waals surface area contributed by atoms with Crippen LogP contribution in [-0.4, -0.2) is 59.5 Å². The van der Waals surface area contributed by atoms with Gasteiger partial charge in [0, 0.05) is 0 Å². The first-order valence-electron chi connectivity index (χ1n) is 8.98. The van der Waals surface area contributed by atoms with Crippen molar-refractivity contribution in [3.63, 3.8) is 0 Å². The zero-order valence-electron chi connectivity index (χ0n) is 16.9. The Kier molecular flexibility index (Phi) is 13.0. The molecule has 0 aromatic heterocycles. The number of hydrogen-bond donors (Lipinski definition) is 0. The minimum absolute atomic E-state index is 0.405. The van der Waals surface area contributed by atoms with E-state index in [0.717, 1.165) is 19.0 Å². The molecule has 0 fully saturated rings. The van der Waals surface area contributed by atoms with Crippen molar-refractivity contribution in [3.8, 4) is 0 Å². The maximum absolute atomic E-state index is 11.8. The van der Waals surface area contributed by atoms with E-state index in [1.165, 1.54) is 27.7 Å². The SMILES string of the molecule is CCC[CH2][Sn]([O]C(C)=O)([O]C(C)=O)[S][Sn]([CH2]CCC)([O]C(C)=O)[O]C(C)=O. The van der Waals surface area contributed by atoms with E-state index < -0.39 is 59.5 Å². The molecule has 0 aliphatic rings. The molecule has 27 heavy (non-hydrogen) atoms. The van der Waals surface area contributed by atoms with Crippen molar-refractivity contribution in [2.45, 2.75) is 76.1 Å². The Bertz CT molecular complexity index is 463. The number of carbonyl (C=O) groups excluding carboxylic acids is 4. The van der Waals surface area contributed by atoms with Crippen LogP contribution in [0.2, 0.25) is 8.87 Å². The Morgan fingerprint density at radius 1 is 0.630 bits per heavy atom. The van der Waals surface area contributed by atoms with Crippen LogP contribution in [0.15, 0.2) is 0 Å². The number of unbranched alkanes of at least 4 members (excludes halogenated alkanes) is 2. The molecular weight excluding hydrogens is 590 g/mol. The Balaban J connectivity index is 6.13. The predicted octanol–water partition coefficient (Wildman–Crippen LogP) is 3.45. The third-order valence-corrected chi connectivity index (χ3v) is 62.2. The first kappa shape index (κ1) is 26.8.